The lowest BCUT2D eigenvalue weighted by Crippen LogP contribution is -2.43. The van der Waals surface area contributed by atoms with Crippen molar-refractivity contribution >= 4 is 12.1 Å². The molecule has 1 fully saturated rings. The smallest absolute Gasteiger partial charge is 0.410 e. The molecular formula is C15H24N2O4. The Bertz CT molecular complexity index is 414. The van der Waals surface area contributed by atoms with Crippen LogP contribution in [0.5, 0.6) is 0 Å². The summed E-state index contributed by atoms with van der Waals surface area (Å²) in [6.07, 6.45) is 1.20. The summed E-state index contributed by atoms with van der Waals surface area (Å²) in [4.78, 5) is 25.3. The molecule has 0 saturated carbocycles. The van der Waals surface area contributed by atoms with Crippen molar-refractivity contribution in [3.05, 3.63) is 0 Å². The first kappa shape index (κ1) is 17.3. The second-order valence-electron chi connectivity index (χ2n) is 6.30. The van der Waals surface area contributed by atoms with Crippen molar-refractivity contribution in [1.29, 1.82) is 5.26 Å². The van der Waals surface area contributed by atoms with Gasteiger partial charge in [0.25, 0.3) is 0 Å². The van der Waals surface area contributed by atoms with E-state index in [9.17, 15) is 9.59 Å². The molecule has 1 atom stereocenters. The van der Waals surface area contributed by atoms with Crippen LogP contribution in [0.2, 0.25) is 0 Å². The zero-order valence-electron chi connectivity index (χ0n) is 13.2. The standard InChI is InChI=1S/C15H24N2O4/c1-15(2,3)21-14(19)17-9-6-11(7-10-17)12(5-8-16)13(18)20-4/h11-12H,5-7,9-10H2,1-4H3. The highest BCUT2D eigenvalue weighted by Crippen LogP contribution is 2.28. The molecule has 1 amide bonds. The van der Waals surface area contributed by atoms with E-state index in [1.807, 2.05) is 26.8 Å². The second-order valence-corrected chi connectivity index (χ2v) is 6.30. The van der Waals surface area contributed by atoms with Crippen molar-refractivity contribution in [3.8, 4) is 6.07 Å². The molecule has 0 bridgehead atoms. The number of piperidine rings is 1. The largest absolute Gasteiger partial charge is 0.469 e. The van der Waals surface area contributed by atoms with E-state index in [0.717, 1.165) is 0 Å². The van der Waals surface area contributed by atoms with Crippen molar-refractivity contribution in [3.63, 3.8) is 0 Å². The number of ether oxygens (including phenoxy) is 2. The van der Waals surface area contributed by atoms with E-state index in [1.54, 1.807) is 4.90 Å². The average molecular weight is 296 g/mol. The first-order valence-corrected chi connectivity index (χ1v) is 7.21. The van der Waals surface area contributed by atoms with Crippen LogP contribution in [0.1, 0.15) is 40.0 Å². The van der Waals surface area contributed by atoms with Gasteiger partial charge >= 0.3 is 12.1 Å². The Kier molecular flexibility index (Phi) is 6.01. The van der Waals surface area contributed by atoms with Crippen LogP contribution in [0.4, 0.5) is 4.79 Å². The molecular weight excluding hydrogens is 272 g/mol. The van der Waals surface area contributed by atoms with E-state index in [2.05, 4.69) is 0 Å². The van der Waals surface area contributed by atoms with Crippen LogP contribution in [0.25, 0.3) is 0 Å². The molecule has 118 valence electrons. The van der Waals surface area contributed by atoms with Gasteiger partial charge in [-0.15, -0.1) is 0 Å². The number of carbonyl (C=O) groups excluding carboxylic acids is 2. The number of likely N-dealkylation sites (tertiary alicyclic amines) is 1. The Balaban J connectivity index is 2.56. The van der Waals surface area contributed by atoms with E-state index < -0.39 is 11.5 Å². The Hall–Kier alpha value is -1.77. The van der Waals surface area contributed by atoms with Crippen molar-refractivity contribution in [2.75, 3.05) is 20.2 Å². The summed E-state index contributed by atoms with van der Waals surface area (Å²) in [6.45, 7) is 6.57. The number of methoxy groups -OCH3 is 1. The lowest BCUT2D eigenvalue weighted by atomic mass is 9.82. The van der Waals surface area contributed by atoms with Crippen LogP contribution < -0.4 is 0 Å². The molecule has 1 rings (SSSR count). The van der Waals surface area contributed by atoms with Crippen LogP contribution >= 0.6 is 0 Å². The van der Waals surface area contributed by atoms with E-state index >= 15 is 0 Å². The zero-order valence-corrected chi connectivity index (χ0v) is 13.2. The number of hydrogen-bond donors (Lipinski definition) is 0. The van der Waals surface area contributed by atoms with Gasteiger partial charge in [0, 0.05) is 19.5 Å². The molecule has 1 aliphatic rings. The number of rotatable bonds is 3. The first-order chi connectivity index (χ1) is 9.78. The van der Waals surface area contributed by atoms with E-state index in [4.69, 9.17) is 14.7 Å². The maximum atomic E-state index is 12.0. The lowest BCUT2D eigenvalue weighted by Gasteiger charge is -2.35. The first-order valence-electron chi connectivity index (χ1n) is 7.21. The van der Waals surface area contributed by atoms with Gasteiger partial charge in [0.2, 0.25) is 0 Å². The Morgan fingerprint density at radius 2 is 1.90 bits per heavy atom. The maximum Gasteiger partial charge on any atom is 0.410 e. The van der Waals surface area contributed by atoms with Gasteiger partial charge in [-0.3, -0.25) is 4.79 Å². The molecule has 6 heteroatoms. The minimum atomic E-state index is -0.511. The van der Waals surface area contributed by atoms with Crippen LogP contribution in [-0.2, 0) is 14.3 Å². The minimum Gasteiger partial charge on any atom is -0.469 e. The van der Waals surface area contributed by atoms with Gasteiger partial charge in [-0.25, -0.2) is 4.79 Å². The SMILES string of the molecule is COC(=O)C(CC#N)C1CCN(C(=O)OC(C)(C)C)CC1. The van der Waals surface area contributed by atoms with Gasteiger partial charge in [-0.2, -0.15) is 5.26 Å². The molecule has 21 heavy (non-hydrogen) atoms. The highest BCUT2D eigenvalue weighted by atomic mass is 16.6. The fraction of sp³-hybridized carbons (Fsp3) is 0.800. The summed E-state index contributed by atoms with van der Waals surface area (Å²) in [5, 5.41) is 8.84. The molecule has 0 radical (unpaired) electrons. The number of nitriles is 1. The van der Waals surface area contributed by atoms with Crippen molar-refractivity contribution in [1.82, 2.24) is 4.90 Å². The van der Waals surface area contributed by atoms with Crippen molar-refractivity contribution in [2.24, 2.45) is 11.8 Å². The van der Waals surface area contributed by atoms with Gasteiger partial charge in [0.1, 0.15) is 5.60 Å². The summed E-state index contributed by atoms with van der Waals surface area (Å²) in [5.41, 5.74) is -0.511. The fourth-order valence-corrected chi connectivity index (χ4v) is 2.50. The predicted octanol–water partition coefficient (Wildman–Crippen LogP) is 2.34. The topological polar surface area (TPSA) is 79.6 Å². The molecule has 0 aliphatic carbocycles. The third kappa shape index (κ3) is 5.25. The van der Waals surface area contributed by atoms with Gasteiger partial charge in [-0.1, -0.05) is 0 Å². The van der Waals surface area contributed by atoms with Crippen molar-refractivity contribution < 1.29 is 19.1 Å². The second kappa shape index (κ2) is 7.30. The normalized spacial score (nSPS) is 17.8. The Morgan fingerprint density at radius 3 is 2.33 bits per heavy atom. The number of amides is 1. The fourth-order valence-electron chi connectivity index (χ4n) is 2.50. The van der Waals surface area contributed by atoms with Crippen LogP contribution in [0, 0.1) is 23.2 Å². The molecule has 0 N–H and O–H groups in total. The van der Waals surface area contributed by atoms with Crippen LogP contribution in [-0.4, -0.2) is 42.8 Å². The number of carbonyl (C=O) groups is 2. The predicted molar refractivity (Wildman–Crippen MR) is 76.3 cm³/mol. The molecule has 1 saturated heterocycles. The average Bonchev–Trinajstić information content (AvgIpc) is 2.42. The monoisotopic (exact) mass is 296 g/mol. The van der Waals surface area contributed by atoms with Gasteiger partial charge in [0.05, 0.1) is 19.1 Å². The third-order valence-corrected chi connectivity index (χ3v) is 3.58. The van der Waals surface area contributed by atoms with E-state index in [1.165, 1.54) is 7.11 Å². The van der Waals surface area contributed by atoms with E-state index in [-0.39, 0.29) is 24.4 Å². The quantitative estimate of drug-likeness (QED) is 0.747. The Labute approximate surface area is 126 Å². The molecule has 0 spiro atoms. The number of hydrogen-bond acceptors (Lipinski definition) is 5. The summed E-state index contributed by atoms with van der Waals surface area (Å²) in [6, 6.07) is 2.04. The molecule has 0 aromatic carbocycles. The lowest BCUT2D eigenvalue weighted by molar-refractivity contribution is -0.147. The Morgan fingerprint density at radius 1 is 1.33 bits per heavy atom. The summed E-state index contributed by atoms with van der Waals surface area (Å²) >= 11 is 0. The number of esters is 1. The molecule has 6 nitrogen and oxygen atoms in total. The molecule has 1 aliphatic heterocycles. The number of nitrogens with zero attached hydrogens (tertiary/aromatic N) is 2. The van der Waals surface area contributed by atoms with Crippen LogP contribution in [0.15, 0.2) is 0 Å². The van der Waals surface area contributed by atoms with Crippen LogP contribution in [0.3, 0.4) is 0 Å². The summed E-state index contributed by atoms with van der Waals surface area (Å²) < 4.78 is 10.1. The maximum absolute atomic E-state index is 12.0. The van der Waals surface area contributed by atoms with E-state index in [0.29, 0.717) is 25.9 Å². The zero-order chi connectivity index (χ0) is 16.0. The molecule has 1 heterocycles. The third-order valence-electron chi connectivity index (χ3n) is 3.58. The molecule has 0 aromatic heterocycles. The van der Waals surface area contributed by atoms with Gasteiger partial charge in [-0.05, 0) is 39.5 Å². The highest BCUT2D eigenvalue weighted by molar-refractivity contribution is 5.73. The molecule has 0 aromatic rings. The summed E-state index contributed by atoms with van der Waals surface area (Å²) in [5.74, 6) is -0.663. The van der Waals surface area contributed by atoms with Gasteiger partial charge < -0.3 is 14.4 Å². The van der Waals surface area contributed by atoms with Crippen molar-refractivity contribution in [2.45, 2.75) is 45.6 Å². The minimum absolute atomic E-state index is 0.0794. The van der Waals surface area contributed by atoms with Gasteiger partial charge in [0.15, 0.2) is 0 Å². The summed E-state index contributed by atoms with van der Waals surface area (Å²) in [7, 11) is 1.34. The highest BCUT2D eigenvalue weighted by Gasteiger charge is 2.34. The molecule has 1 unspecified atom stereocenters.